The van der Waals surface area contributed by atoms with E-state index >= 15 is 0 Å². The third-order valence-corrected chi connectivity index (χ3v) is 10.4. The third kappa shape index (κ3) is 5.27. The number of aryl methyl sites for hydroxylation is 1. The number of benzene rings is 7. The Morgan fingerprint density at radius 3 is 1.80 bits per heavy atom. The molecule has 0 saturated heterocycles. The van der Waals surface area contributed by atoms with Crippen molar-refractivity contribution >= 4 is 45.9 Å². The minimum absolute atomic E-state index is 0.881. The molecule has 7 aromatic carbocycles. The van der Waals surface area contributed by atoms with E-state index in [1.807, 2.05) is 13.8 Å². The lowest BCUT2D eigenvalue weighted by Gasteiger charge is -2.24. The number of nitrogens with zero attached hydrogens (tertiary/aromatic N) is 1. The van der Waals surface area contributed by atoms with Crippen LogP contribution < -0.4 is 5.46 Å². The van der Waals surface area contributed by atoms with Crippen molar-refractivity contribution < 1.29 is 0 Å². The van der Waals surface area contributed by atoms with Gasteiger partial charge in [-0.1, -0.05) is 122 Å². The predicted molar refractivity (Wildman–Crippen MR) is 215 cm³/mol. The second kappa shape index (κ2) is 12.9. The second-order valence-corrected chi connectivity index (χ2v) is 12.9. The molecular weight excluding hydrogens is 589 g/mol. The van der Waals surface area contributed by atoms with Crippen LogP contribution in [0.25, 0.3) is 71.6 Å². The van der Waals surface area contributed by atoms with Crippen molar-refractivity contribution in [3.8, 4) is 39.1 Å². The summed E-state index contributed by atoms with van der Waals surface area (Å²) in [5.41, 5.74) is 17.9. The maximum atomic E-state index is 6.85. The topological polar surface area (TPSA) is 4.93 Å². The Morgan fingerprint density at radius 2 is 1.08 bits per heavy atom. The van der Waals surface area contributed by atoms with Crippen molar-refractivity contribution in [3.63, 3.8) is 0 Å². The van der Waals surface area contributed by atoms with E-state index in [0.29, 0.717) is 0 Å². The van der Waals surface area contributed by atoms with Crippen molar-refractivity contribution in [1.29, 1.82) is 0 Å². The minimum Gasteiger partial charge on any atom is -0.309 e. The second-order valence-electron chi connectivity index (χ2n) is 12.9. The monoisotopic (exact) mass is 631 g/mol. The van der Waals surface area contributed by atoms with E-state index in [1.165, 1.54) is 88.2 Å². The van der Waals surface area contributed by atoms with Crippen LogP contribution >= 0.6 is 0 Å². The highest BCUT2D eigenvalue weighted by molar-refractivity contribution is 6.35. The Labute approximate surface area is 292 Å². The summed E-state index contributed by atoms with van der Waals surface area (Å²) in [5.74, 6) is 0. The molecule has 0 amide bonds. The van der Waals surface area contributed by atoms with Crippen LogP contribution in [0.3, 0.4) is 0 Å². The van der Waals surface area contributed by atoms with Crippen molar-refractivity contribution in [1.82, 2.24) is 4.57 Å². The van der Waals surface area contributed by atoms with Gasteiger partial charge in [-0.3, -0.25) is 0 Å². The van der Waals surface area contributed by atoms with Crippen molar-refractivity contribution in [2.75, 3.05) is 0 Å². The molecule has 2 radical (unpaired) electrons. The first-order chi connectivity index (χ1) is 23.8. The fraction of sp³-hybridized carbons (Fsp3) is 0.149. The maximum absolute atomic E-state index is 6.85. The Morgan fingerprint density at radius 1 is 0.449 bits per heavy atom. The largest absolute Gasteiger partial charge is 0.309 e. The van der Waals surface area contributed by atoms with E-state index in [9.17, 15) is 0 Å². The van der Waals surface area contributed by atoms with E-state index in [0.717, 1.165) is 16.7 Å². The lowest BCUT2D eigenvalue weighted by Crippen LogP contribution is -2.17. The molecule has 0 bridgehead atoms. The van der Waals surface area contributed by atoms with Gasteiger partial charge in [0.25, 0.3) is 0 Å². The Balaban J connectivity index is 0.00000186. The lowest BCUT2D eigenvalue weighted by molar-refractivity contribution is 1.18. The fourth-order valence-corrected chi connectivity index (χ4v) is 7.69. The van der Waals surface area contributed by atoms with E-state index in [2.05, 4.69) is 167 Å². The standard InChI is InChI=1S/C45H36BN.C2H6/c1-27-28(2)42(31(5)45(46)29(27)3)44-30(4)43-38-23-22-35(32-14-8-6-9-15-32)25-40(38)47(37-18-10-7-11-19-37)41(43)26-39(44)36-21-20-33-16-12-13-17-34(33)24-36;1-2/h6-26H,1-5H3;1-2H3. The number of hydrogen-bond acceptors (Lipinski definition) is 0. The van der Waals surface area contributed by atoms with Gasteiger partial charge < -0.3 is 4.57 Å². The van der Waals surface area contributed by atoms with E-state index in [-0.39, 0.29) is 0 Å². The molecule has 1 heterocycles. The van der Waals surface area contributed by atoms with Gasteiger partial charge in [-0.05, 0) is 131 Å². The van der Waals surface area contributed by atoms with Gasteiger partial charge in [-0.15, -0.1) is 0 Å². The predicted octanol–water partition coefficient (Wildman–Crippen LogP) is 12.3. The molecule has 0 atom stereocenters. The normalized spacial score (nSPS) is 11.2. The van der Waals surface area contributed by atoms with Crippen LogP contribution in [0.15, 0.2) is 127 Å². The first-order valence-corrected chi connectivity index (χ1v) is 17.4. The summed E-state index contributed by atoms with van der Waals surface area (Å²) in [4.78, 5) is 0. The molecule has 0 N–H and O–H groups in total. The molecule has 0 aliphatic rings. The highest BCUT2D eigenvalue weighted by Crippen LogP contribution is 2.46. The average Bonchev–Trinajstić information content (AvgIpc) is 3.49. The molecule has 0 fully saturated rings. The van der Waals surface area contributed by atoms with Gasteiger partial charge in [0.2, 0.25) is 0 Å². The lowest BCUT2D eigenvalue weighted by atomic mass is 9.76. The zero-order valence-corrected chi connectivity index (χ0v) is 29.6. The molecule has 0 saturated carbocycles. The van der Waals surface area contributed by atoms with E-state index < -0.39 is 0 Å². The first kappa shape index (κ1) is 32.2. The Kier molecular flexibility index (Phi) is 8.51. The summed E-state index contributed by atoms with van der Waals surface area (Å²) in [7, 11) is 6.85. The van der Waals surface area contributed by atoms with Crippen LogP contribution in [0, 0.1) is 34.6 Å². The minimum atomic E-state index is 0.881. The molecule has 1 nitrogen and oxygen atoms in total. The summed E-state index contributed by atoms with van der Waals surface area (Å²) in [6.07, 6.45) is 0. The molecule has 2 heteroatoms. The van der Waals surface area contributed by atoms with Crippen LogP contribution in [0.2, 0.25) is 0 Å². The molecule has 238 valence electrons. The van der Waals surface area contributed by atoms with Gasteiger partial charge in [0.1, 0.15) is 7.85 Å². The summed E-state index contributed by atoms with van der Waals surface area (Å²) in [6.45, 7) is 15.1. The van der Waals surface area contributed by atoms with Gasteiger partial charge in [0.15, 0.2) is 0 Å². The van der Waals surface area contributed by atoms with Crippen LogP contribution in [0.4, 0.5) is 0 Å². The Hall–Kier alpha value is -5.34. The summed E-state index contributed by atoms with van der Waals surface area (Å²) in [5, 5.41) is 5.00. The number of hydrogen-bond donors (Lipinski definition) is 0. The first-order valence-electron chi connectivity index (χ1n) is 17.4. The van der Waals surface area contributed by atoms with Gasteiger partial charge in [-0.25, -0.2) is 0 Å². The molecule has 0 aliphatic heterocycles. The zero-order chi connectivity index (χ0) is 34.4. The van der Waals surface area contributed by atoms with E-state index in [1.54, 1.807) is 0 Å². The molecule has 0 spiro atoms. The molecule has 1 aromatic heterocycles. The van der Waals surface area contributed by atoms with Crippen LogP contribution in [0.5, 0.6) is 0 Å². The Bertz CT molecular complexity index is 2470. The summed E-state index contributed by atoms with van der Waals surface area (Å²) < 4.78 is 2.45. The highest BCUT2D eigenvalue weighted by Gasteiger charge is 2.24. The number of fused-ring (bicyclic) bond motifs is 4. The number of aromatic nitrogens is 1. The van der Waals surface area contributed by atoms with Crippen LogP contribution in [-0.4, -0.2) is 12.4 Å². The van der Waals surface area contributed by atoms with Crippen molar-refractivity contribution in [3.05, 3.63) is 155 Å². The fourth-order valence-electron chi connectivity index (χ4n) is 7.69. The molecule has 49 heavy (non-hydrogen) atoms. The molecule has 8 rings (SSSR count). The summed E-state index contributed by atoms with van der Waals surface area (Å²) in [6, 6.07) is 46.3. The zero-order valence-electron chi connectivity index (χ0n) is 29.6. The average molecular weight is 632 g/mol. The van der Waals surface area contributed by atoms with Gasteiger partial charge in [0.05, 0.1) is 11.0 Å². The smallest absolute Gasteiger partial charge is 0.114 e. The molecule has 0 unspecified atom stereocenters. The number of para-hydroxylation sites is 1. The van der Waals surface area contributed by atoms with Gasteiger partial charge >= 0.3 is 0 Å². The summed E-state index contributed by atoms with van der Waals surface area (Å²) >= 11 is 0. The van der Waals surface area contributed by atoms with Gasteiger partial charge in [0, 0.05) is 16.5 Å². The van der Waals surface area contributed by atoms with Crippen molar-refractivity contribution in [2.24, 2.45) is 0 Å². The highest BCUT2D eigenvalue weighted by atomic mass is 15.0. The number of rotatable bonds is 4. The van der Waals surface area contributed by atoms with Crippen LogP contribution in [0.1, 0.15) is 41.7 Å². The van der Waals surface area contributed by atoms with Gasteiger partial charge in [-0.2, -0.15) is 0 Å². The molecule has 8 aromatic rings. The quantitative estimate of drug-likeness (QED) is 0.170. The van der Waals surface area contributed by atoms with Crippen LogP contribution in [-0.2, 0) is 0 Å². The van der Waals surface area contributed by atoms with E-state index in [4.69, 9.17) is 7.85 Å². The maximum Gasteiger partial charge on any atom is 0.114 e. The van der Waals surface area contributed by atoms with Crippen molar-refractivity contribution in [2.45, 2.75) is 48.5 Å². The third-order valence-electron chi connectivity index (χ3n) is 10.4. The molecule has 0 aliphatic carbocycles. The SMILES string of the molecule is CC.[B]c1c(C)c(C)c(C)c(-c2c(-c3ccc4ccccc4c3)cc3c(c2C)c2ccc(-c4ccccc4)cc2n3-c2ccccc2)c1C. The molecular formula is C47H42BN.